The summed E-state index contributed by atoms with van der Waals surface area (Å²) in [7, 11) is -7.68. The lowest BCUT2D eigenvalue weighted by Gasteiger charge is -2.16. The summed E-state index contributed by atoms with van der Waals surface area (Å²) in [5.41, 5.74) is 0.831. The lowest BCUT2D eigenvalue weighted by Crippen LogP contribution is -2.30. The van der Waals surface area contributed by atoms with Crippen LogP contribution >= 0.6 is 0 Å². The number of sulfonamides is 2. The highest BCUT2D eigenvalue weighted by molar-refractivity contribution is 7.94. The second-order valence-electron chi connectivity index (χ2n) is 6.52. The lowest BCUT2D eigenvalue weighted by molar-refractivity contribution is -0.119. The van der Waals surface area contributed by atoms with Crippen molar-refractivity contribution >= 4 is 43.1 Å². The van der Waals surface area contributed by atoms with Gasteiger partial charge in [0.1, 0.15) is 0 Å². The molecule has 1 saturated heterocycles. The van der Waals surface area contributed by atoms with Crippen LogP contribution in [0.4, 0.5) is 11.4 Å². The molecule has 2 aromatic carbocycles. The summed E-state index contributed by atoms with van der Waals surface area (Å²) < 4.78 is 52.4. The summed E-state index contributed by atoms with van der Waals surface area (Å²) in [4.78, 5) is 23.3. The third-order valence-corrected chi connectivity index (χ3v) is 7.55. The molecule has 148 valence electrons. The molecule has 0 radical (unpaired) electrons. The number of amides is 1. The van der Waals surface area contributed by atoms with Gasteiger partial charge in [-0.25, -0.2) is 21.1 Å². The number of rotatable bonds is 5. The number of nitrogens with one attached hydrogen (secondary N) is 1. The van der Waals surface area contributed by atoms with Gasteiger partial charge in [-0.15, -0.1) is 0 Å². The Bertz CT molecular complexity index is 1140. The molecule has 0 spiro atoms. The van der Waals surface area contributed by atoms with Crippen LogP contribution in [0.25, 0.3) is 0 Å². The van der Waals surface area contributed by atoms with Crippen molar-refractivity contribution in [2.45, 2.75) is 18.7 Å². The first-order valence-electron chi connectivity index (χ1n) is 8.32. The Hall–Kier alpha value is -2.72. The average Bonchev–Trinajstić information content (AvgIpc) is 2.82. The zero-order valence-corrected chi connectivity index (χ0v) is 16.7. The third kappa shape index (κ3) is 3.78. The predicted octanol–water partition coefficient (Wildman–Crippen LogP) is 2.00. The minimum Gasteiger partial charge on any atom is -0.295 e. The molecular weight excluding hydrogens is 404 g/mol. The first kappa shape index (κ1) is 20.0. The summed E-state index contributed by atoms with van der Waals surface area (Å²) in [6.07, 6.45) is 0. The monoisotopic (exact) mass is 422 g/mol. The fourth-order valence-electron chi connectivity index (χ4n) is 2.83. The lowest BCUT2D eigenvalue weighted by atomic mass is 10.1. The highest BCUT2D eigenvalue weighted by Crippen LogP contribution is 2.29. The minimum atomic E-state index is -3.93. The molecule has 2 aromatic rings. The van der Waals surface area contributed by atoms with Gasteiger partial charge in [0.15, 0.2) is 5.78 Å². The quantitative estimate of drug-likeness (QED) is 0.737. The molecule has 28 heavy (non-hydrogen) atoms. The fraction of sp³-hybridized carbons (Fsp3) is 0.222. The van der Waals surface area contributed by atoms with Crippen LogP contribution in [-0.4, -0.2) is 34.3 Å². The van der Waals surface area contributed by atoms with E-state index in [1.165, 1.54) is 62.4 Å². The van der Waals surface area contributed by atoms with E-state index in [9.17, 15) is 26.4 Å². The highest BCUT2D eigenvalue weighted by atomic mass is 32.2. The molecule has 1 aliphatic rings. The molecule has 1 aliphatic heterocycles. The van der Waals surface area contributed by atoms with Crippen molar-refractivity contribution in [3.8, 4) is 0 Å². The molecule has 1 amide bonds. The minimum absolute atomic E-state index is 0.0935. The smallest absolute Gasteiger partial charge is 0.261 e. The summed E-state index contributed by atoms with van der Waals surface area (Å²) in [5.74, 6) is -1.60. The Balaban J connectivity index is 1.84. The van der Waals surface area contributed by atoms with Crippen LogP contribution in [0.1, 0.15) is 24.2 Å². The van der Waals surface area contributed by atoms with E-state index in [-0.39, 0.29) is 27.8 Å². The first-order valence-corrected chi connectivity index (χ1v) is 11.4. The molecule has 0 bridgehead atoms. The Morgan fingerprint density at radius 2 is 1.64 bits per heavy atom. The Kier molecular flexibility index (Phi) is 5.02. The van der Waals surface area contributed by atoms with E-state index in [1.54, 1.807) is 0 Å². The van der Waals surface area contributed by atoms with E-state index in [0.717, 1.165) is 0 Å². The molecule has 0 aromatic heterocycles. The maximum absolute atomic E-state index is 12.5. The van der Waals surface area contributed by atoms with Gasteiger partial charge in [0, 0.05) is 11.3 Å². The van der Waals surface area contributed by atoms with Gasteiger partial charge in [-0.3, -0.25) is 14.3 Å². The van der Waals surface area contributed by atoms with Gasteiger partial charge in [0.05, 0.1) is 22.3 Å². The zero-order chi connectivity index (χ0) is 20.7. The van der Waals surface area contributed by atoms with Crippen LogP contribution in [-0.2, 0) is 24.8 Å². The van der Waals surface area contributed by atoms with Crippen molar-refractivity contribution in [1.82, 2.24) is 0 Å². The maximum Gasteiger partial charge on any atom is 0.261 e. The van der Waals surface area contributed by atoms with Crippen LogP contribution < -0.4 is 9.03 Å². The van der Waals surface area contributed by atoms with Crippen LogP contribution in [0.2, 0.25) is 0 Å². The van der Waals surface area contributed by atoms with Gasteiger partial charge in [-0.05, 0) is 55.5 Å². The van der Waals surface area contributed by atoms with Crippen LogP contribution in [0.3, 0.4) is 0 Å². The van der Waals surface area contributed by atoms with Crippen molar-refractivity contribution < 1.29 is 26.4 Å². The van der Waals surface area contributed by atoms with Crippen LogP contribution in [0.5, 0.6) is 0 Å². The molecule has 8 nitrogen and oxygen atoms in total. The molecular formula is C18H18N2O6S2. The molecule has 0 saturated carbocycles. The second-order valence-corrected chi connectivity index (χ2v) is 10.1. The van der Waals surface area contributed by atoms with E-state index in [2.05, 4.69) is 4.72 Å². The number of benzene rings is 2. The number of anilines is 2. The number of carbonyl (C=O) groups excluding carboxylic acids is 2. The standard InChI is InChI=1S/C18H18N2O6S2/c1-12-11-27(23,24)20(18(12)22)16-7-9-17(10-8-16)28(25,26)19-15-5-3-14(4-6-15)13(2)21/h3-10,12,19H,11H2,1-2H3/t12-/m0/s1. The van der Waals surface area contributed by atoms with Gasteiger partial charge in [0.25, 0.3) is 10.0 Å². The average molecular weight is 422 g/mol. The van der Waals surface area contributed by atoms with Gasteiger partial charge in [-0.2, -0.15) is 0 Å². The normalized spacial score (nSPS) is 18.9. The highest BCUT2D eigenvalue weighted by Gasteiger charge is 2.41. The molecule has 1 N–H and O–H groups in total. The van der Waals surface area contributed by atoms with E-state index in [4.69, 9.17) is 0 Å². The summed E-state index contributed by atoms with van der Waals surface area (Å²) >= 11 is 0. The molecule has 10 heteroatoms. The molecule has 1 atom stereocenters. The zero-order valence-electron chi connectivity index (χ0n) is 15.1. The van der Waals surface area contributed by atoms with Gasteiger partial charge >= 0.3 is 0 Å². The summed E-state index contributed by atoms with van der Waals surface area (Å²) in [6.45, 7) is 2.94. The van der Waals surface area contributed by atoms with Gasteiger partial charge < -0.3 is 0 Å². The number of carbonyl (C=O) groups is 2. The topological polar surface area (TPSA) is 118 Å². The first-order chi connectivity index (χ1) is 13.0. The SMILES string of the molecule is CC(=O)c1ccc(NS(=O)(=O)c2ccc(N3C(=O)[C@@H](C)CS3(=O)=O)cc2)cc1. The fourth-order valence-corrected chi connectivity index (χ4v) is 5.71. The number of ketones is 1. The summed E-state index contributed by atoms with van der Waals surface area (Å²) in [5, 5.41) is 0. The summed E-state index contributed by atoms with van der Waals surface area (Å²) in [6, 6.07) is 11.0. The Labute approximate surface area is 163 Å². The predicted molar refractivity (Wildman–Crippen MR) is 104 cm³/mol. The van der Waals surface area contributed by atoms with Gasteiger partial charge in [0.2, 0.25) is 15.9 Å². The van der Waals surface area contributed by atoms with Crippen molar-refractivity contribution in [2.24, 2.45) is 5.92 Å². The number of hydrogen-bond donors (Lipinski definition) is 1. The third-order valence-electron chi connectivity index (χ3n) is 4.29. The van der Waals surface area contributed by atoms with E-state index in [0.29, 0.717) is 9.87 Å². The number of hydrogen-bond acceptors (Lipinski definition) is 6. The van der Waals surface area contributed by atoms with Crippen molar-refractivity contribution in [3.63, 3.8) is 0 Å². The molecule has 0 unspecified atom stereocenters. The molecule has 0 aliphatic carbocycles. The second kappa shape index (κ2) is 7.02. The van der Waals surface area contributed by atoms with Crippen molar-refractivity contribution in [1.29, 1.82) is 0 Å². The van der Waals surface area contributed by atoms with Gasteiger partial charge in [-0.1, -0.05) is 6.92 Å². The van der Waals surface area contributed by atoms with Crippen molar-refractivity contribution in [3.05, 3.63) is 54.1 Å². The van der Waals surface area contributed by atoms with Crippen LogP contribution in [0.15, 0.2) is 53.4 Å². The van der Waals surface area contributed by atoms with E-state index in [1.807, 2.05) is 0 Å². The molecule has 1 fully saturated rings. The number of Topliss-reactive ketones (excluding diaryl/α,β-unsaturated/α-hetero) is 1. The van der Waals surface area contributed by atoms with E-state index >= 15 is 0 Å². The van der Waals surface area contributed by atoms with Crippen LogP contribution in [0, 0.1) is 5.92 Å². The molecule has 3 rings (SSSR count). The van der Waals surface area contributed by atoms with E-state index < -0.39 is 31.9 Å². The maximum atomic E-state index is 12.5. The van der Waals surface area contributed by atoms with Crippen molar-refractivity contribution in [2.75, 3.05) is 14.8 Å². The molecule has 1 heterocycles. The Morgan fingerprint density at radius 3 is 2.11 bits per heavy atom. The number of nitrogens with zero attached hydrogens (tertiary/aromatic N) is 1. The largest absolute Gasteiger partial charge is 0.295 e. The Morgan fingerprint density at radius 1 is 1.07 bits per heavy atom.